The molecule has 4 nitrogen and oxygen atoms in total. The molecule has 1 aliphatic heterocycles. The van der Waals surface area contributed by atoms with Crippen molar-refractivity contribution in [3.8, 4) is 0 Å². The highest BCUT2D eigenvalue weighted by molar-refractivity contribution is 5.93. The number of carbonyl (C=O) groups is 1. The van der Waals surface area contributed by atoms with Gasteiger partial charge in [0.2, 0.25) is 0 Å². The number of halogens is 1. The van der Waals surface area contributed by atoms with Crippen LogP contribution in [0.5, 0.6) is 0 Å². The van der Waals surface area contributed by atoms with Crippen molar-refractivity contribution < 1.29 is 14.4 Å². The van der Waals surface area contributed by atoms with Gasteiger partial charge in [-0.3, -0.25) is 14.9 Å². The zero-order valence-electron chi connectivity index (χ0n) is 14.0. The van der Waals surface area contributed by atoms with E-state index in [0.29, 0.717) is 11.5 Å². The fourth-order valence-electron chi connectivity index (χ4n) is 5.06. The maximum atomic E-state index is 14.1. The molecule has 1 spiro atoms. The first-order chi connectivity index (χ1) is 11.6. The third-order valence-electron chi connectivity index (χ3n) is 6.45. The molecule has 2 N–H and O–H groups in total. The van der Waals surface area contributed by atoms with Crippen molar-refractivity contribution in [1.82, 2.24) is 10.4 Å². The lowest BCUT2D eigenvalue weighted by atomic mass is 9.58. The molecule has 130 valence electrons. The van der Waals surface area contributed by atoms with Crippen LogP contribution in [0.2, 0.25) is 0 Å². The smallest absolute Gasteiger partial charge is 0.277 e. The molecule has 5 heteroatoms. The van der Waals surface area contributed by atoms with Gasteiger partial charge in [-0.25, -0.2) is 9.87 Å². The van der Waals surface area contributed by atoms with Crippen LogP contribution in [-0.2, 0) is 13.0 Å². The minimum absolute atomic E-state index is 0.0745. The quantitative estimate of drug-likeness (QED) is 0.644. The van der Waals surface area contributed by atoms with E-state index in [0.717, 1.165) is 30.6 Å². The van der Waals surface area contributed by atoms with Gasteiger partial charge in [0.25, 0.3) is 5.91 Å². The first-order valence-corrected chi connectivity index (χ1v) is 9.10. The van der Waals surface area contributed by atoms with Gasteiger partial charge < -0.3 is 0 Å². The van der Waals surface area contributed by atoms with Crippen LogP contribution >= 0.6 is 0 Å². The lowest BCUT2D eigenvalue weighted by Crippen LogP contribution is -2.52. The summed E-state index contributed by atoms with van der Waals surface area (Å²) in [4.78, 5) is 14.0. The monoisotopic (exact) mass is 332 g/mol. The summed E-state index contributed by atoms with van der Waals surface area (Å²) in [5.41, 5.74) is 4.06. The highest BCUT2D eigenvalue weighted by Crippen LogP contribution is 2.53. The lowest BCUT2D eigenvalue weighted by Gasteiger charge is -2.54. The SMILES string of the molecule is O=C(NO)c1cc2c(cc1F)CN(C1CC3(CCCCC3)C1)CC2. The third-order valence-corrected chi connectivity index (χ3v) is 6.45. The summed E-state index contributed by atoms with van der Waals surface area (Å²) in [5, 5.41) is 8.72. The number of nitrogens with zero attached hydrogens (tertiary/aromatic N) is 1. The van der Waals surface area contributed by atoms with E-state index in [-0.39, 0.29) is 5.56 Å². The number of amides is 1. The lowest BCUT2D eigenvalue weighted by molar-refractivity contribution is -0.0308. The van der Waals surface area contributed by atoms with Gasteiger partial charge >= 0.3 is 0 Å². The number of hydroxylamine groups is 1. The molecule has 0 saturated heterocycles. The van der Waals surface area contributed by atoms with Crippen LogP contribution < -0.4 is 5.48 Å². The Hall–Kier alpha value is -1.46. The van der Waals surface area contributed by atoms with E-state index in [1.807, 2.05) is 0 Å². The number of nitrogens with one attached hydrogen (secondary N) is 1. The number of hydrogen-bond acceptors (Lipinski definition) is 3. The Labute approximate surface area is 142 Å². The van der Waals surface area contributed by atoms with Crippen molar-refractivity contribution in [1.29, 1.82) is 0 Å². The Bertz CT molecular complexity index is 647. The Kier molecular flexibility index (Phi) is 4.09. The molecule has 2 aliphatic carbocycles. The summed E-state index contributed by atoms with van der Waals surface area (Å²) in [6.45, 7) is 1.74. The fourth-order valence-corrected chi connectivity index (χ4v) is 5.06. The molecular weight excluding hydrogens is 307 g/mol. The summed E-state index contributed by atoms with van der Waals surface area (Å²) >= 11 is 0. The number of rotatable bonds is 2. The number of hydrogen-bond donors (Lipinski definition) is 2. The molecule has 0 atom stereocenters. The molecule has 1 amide bonds. The van der Waals surface area contributed by atoms with Crippen LogP contribution in [-0.4, -0.2) is 28.6 Å². The molecule has 0 aromatic heterocycles. The molecule has 1 aromatic rings. The summed E-state index contributed by atoms with van der Waals surface area (Å²) < 4.78 is 14.1. The van der Waals surface area contributed by atoms with Crippen molar-refractivity contribution in [2.24, 2.45) is 5.41 Å². The standard InChI is InChI=1S/C19H25FN2O2/c20-17-9-14-12-22(7-4-13(14)8-16(17)18(23)21-24)15-10-19(11-15)5-2-1-3-6-19/h8-9,15,24H,1-7,10-12H2,(H,21,23). The average molecular weight is 332 g/mol. The van der Waals surface area contributed by atoms with Crippen molar-refractivity contribution >= 4 is 5.91 Å². The molecule has 4 rings (SSSR count). The average Bonchev–Trinajstić information content (AvgIpc) is 2.58. The van der Waals surface area contributed by atoms with Crippen LogP contribution in [0.3, 0.4) is 0 Å². The number of carbonyl (C=O) groups excluding carboxylic acids is 1. The van der Waals surface area contributed by atoms with Gasteiger partial charge in [-0.2, -0.15) is 0 Å². The minimum Gasteiger partial charge on any atom is -0.296 e. The predicted molar refractivity (Wildman–Crippen MR) is 88.3 cm³/mol. The van der Waals surface area contributed by atoms with Gasteiger partial charge in [0.1, 0.15) is 5.82 Å². The second kappa shape index (κ2) is 6.12. The van der Waals surface area contributed by atoms with Gasteiger partial charge in [0, 0.05) is 19.1 Å². The summed E-state index contributed by atoms with van der Waals surface area (Å²) in [5.74, 6) is -1.34. The molecular formula is C19H25FN2O2. The summed E-state index contributed by atoms with van der Waals surface area (Å²) in [7, 11) is 0. The van der Waals surface area contributed by atoms with Gasteiger partial charge in [-0.05, 0) is 60.8 Å². The van der Waals surface area contributed by atoms with Crippen molar-refractivity contribution in [3.63, 3.8) is 0 Å². The maximum Gasteiger partial charge on any atom is 0.277 e. The summed E-state index contributed by atoms with van der Waals surface area (Å²) in [6, 6.07) is 3.71. The van der Waals surface area contributed by atoms with Gasteiger partial charge in [0.15, 0.2) is 0 Å². The van der Waals surface area contributed by atoms with Gasteiger partial charge in [-0.1, -0.05) is 19.3 Å². The predicted octanol–water partition coefficient (Wildman–Crippen LogP) is 3.42. The van der Waals surface area contributed by atoms with Gasteiger partial charge in [0.05, 0.1) is 5.56 Å². The van der Waals surface area contributed by atoms with Crippen molar-refractivity contribution in [2.45, 2.75) is 64.0 Å². The van der Waals surface area contributed by atoms with E-state index < -0.39 is 11.7 Å². The van der Waals surface area contributed by atoms with E-state index >= 15 is 0 Å². The normalized spacial score (nSPS) is 23.6. The Balaban J connectivity index is 1.45. The zero-order valence-corrected chi connectivity index (χ0v) is 14.0. The molecule has 2 saturated carbocycles. The van der Waals surface area contributed by atoms with Crippen LogP contribution in [0, 0.1) is 11.2 Å². The molecule has 0 bridgehead atoms. The van der Waals surface area contributed by atoms with Crippen LogP contribution in [0.4, 0.5) is 4.39 Å². The highest BCUT2D eigenvalue weighted by atomic mass is 19.1. The van der Waals surface area contributed by atoms with E-state index in [1.54, 1.807) is 6.07 Å². The summed E-state index contributed by atoms with van der Waals surface area (Å²) in [6.07, 6.45) is 10.4. The van der Waals surface area contributed by atoms with Crippen molar-refractivity contribution in [2.75, 3.05) is 6.54 Å². The second-order valence-corrected chi connectivity index (χ2v) is 7.88. The van der Waals surface area contributed by atoms with E-state index in [4.69, 9.17) is 5.21 Å². The van der Waals surface area contributed by atoms with E-state index in [1.165, 1.54) is 56.5 Å². The minimum atomic E-state index is -0.782. The molecule has 1 heterocycles. The maximum absolute atomic E-state index is 14.1. The zero-order chi connectivity index (χ0) is 16.7. The first kappa shape index (κ1) is 16.0. The second-order valence-electron chi connectivity index (χ2n) is 7.88. The molecule has 0 radical (unpaired) electrons. The largest absolute Gasteiger partial charge is 0.296 e. The van der Waals surface area contributed by atoms with Crippen LogP contribution in [0.25, 0.3) is 0 Å². The first-order valence-electron chi connectivity index (χ1n) is 9.10. The molecule has 1 aromatic carbocycles. The Morgan fingerprint density at radius 1 is 1.21 bits per heavy atom. The molecule has 0 unspecified atom stereocenters. The topological polar surface area (TPSA) is 52.6 Å². The Morgan fingerprint density at radius 3 is 2.67 bits per heavy atom. The van der Waals surface area contributed by atoms with E-state index in [9.17, 15) is 9.18 Å². The van der Waals surface area contributed by atoms with Crippen LogP contribution in [0.1, 0.15) is 66.4 Å². The Morgan fingerprint density at radius 2 is 1.96 bits per heavy atom. The molecule has 24 heavy (non-hydrogen) atoms. The van der Waals surface area contributed by atoms with Crippen molar-refractivity contribution in [3.05, 3.63) is 34.6 Å². The highest BCUT2D eigenvalue weighted by Gasteiger charge is 2.46. The number of fused-ring (bicyclic) bond motifs is 1. The van der Waals surface area contributed by atoms with Gasteiger partial charge in [-0.15, -0.1) is 0 Å². The fraction of sp³-hybridized carbons (Fsp3) is 0.632. The number of benzene rings is 1. The third kappa shape index (κ3) is 2.74. The molecule has 2 fully saturated rings. The molecule has 3 aliphatic rings. The van der Waals surface area contributed by atoms with E-state index in [2.05, 4.69) is 4.90 Å². The van der Waals surface area contributed by atoms with Crippen LogP contribution in [0.15, 0.2) is 12.1 Å².